The third-order valence-electron chi connectivity index (χ3n) is 3.38. The molecule has 1 aromatic rings. The highest BCUT2D eigenvalue weighted by Crippen LogP contribution is 2.34. The van der Waals surface area contributed by atoms with Crippen LogP contribution in [0.15, 0.2) is 18.2 Å². The molecule has 0 aliphatic carbocycles. The summed E-state index contributed by atoms with van der Waals surface area (Å²) in [5, 5.41) is 0. The molecule has 0 aliphatic heterocycles. The Hall–Kier alpha value is -0.860. The van der Waals surface area contributed by atoms with Crippen LogP contribution in [0.3, 0.4) is 0 Å². The SMILES string of the molecule is CC(C)(C)C(N)c1[c]c(C(N)C(C)(C)C)ccc1. The number of benzene rings is 1. The molecule has 0 heterocycles. The summed E-state index contributed by atoms with van der Waals surface area (Å²) < 4.78 is 0. The number of rotatable bonds is 2. The highest BCUT2D eigenvalue weighted by molar-refractivity contribution is 5.28. The van der Waals surface area contributed by atoms with E-state index in [-0.39, 0.29) is 22.9 Å². The minimum absolute atomic E-state index is 0.0235. The molecule has 2 atom stereocenters. The normalized spacial score (nSPS) is 16.4. The summed E-state index contributed by atoms with van der Waals surface area (Å²) in [5.41, 5.74) is 14.7. The topological polar surface area (TPSA) is 52.0 Å². The molecule has 0 amide bonds. The molecule has 0 aliphatic rings. The first-order chi connectivity index (χ1) is 8.03. The number of hydrogen-bond donors (Lipinski definition) is 2. The Morgan fingerprint density at radius 2 is 1.17 bits per heavy atom. The quantitative estimate of drug-likeness (QED) is 0.839. The largest absolute Gasteiger partial charge is 0.323 e. The molecule has 1 radical (unpaired) electrons. The molecule has 0 fully saturated rings. The van der Waals surface area contributed by atoms with Crippen molar-refractivity contribution in [2.75, 3.05) is 0 Å². The Bertz CT molecular complexity index is 361. The van der Waals surface area contributed by atoms with Gasteiger partial charge in [-0.2, -0.15) is 0 Å². The average molecular weight is 247 g/mol. The highest BCUT2D eigenvalue weighted by Gasteiger charge is 2.26. The fourth-order valence-electron chi connectivity index (χ4n) is 1.80. The molecule has 4 N–H and O–H groups in total. The second kappa shape index (κ2) is 5.02. The first-order valence-corrected chi connectivity index (χ1v) is 6.57. The van der Waals surface area contributed by atoms with Gasteiger partial charge in [0.15, 0.2) is 0 Å². The van der Waals surface area contributed by atoms with E-state index in [1.165, 1.54) is 0 Å². The summed E-state index contributed by atoms with van der Waals surface area (Å²) in [4.78, 5) is 0. The number of hydrogen-bond acceptors (Lipinski definition) is 2. The lowest BCUT2D eigenvalue weighted by atomic mass is 9.79. The molecule has 0 saturated carbocycles. The van der Waals surface area contributed by atoms with E-state index in [1.54, 1.807) is 0 Å². The summed E-state index contributed by atoms with van der Waals surface area (Å²) in [7, 11) is 0. The van der Waals surface area contributed by atoms with E-state index < -0.39 is 0 Å². The van der Waals surface area contributed by atoms with Crippen molar-refractivity contribution in [3.05, 3.63) is 35.4 Å². The molecule has 0 aromatic heterocycles. The van der Waals surface area contributed by atoms with Gasteiger partial charge in [0, 0.05) is 12.1 Å². The molecule has 0 spiro atoms. The van der Waals surface area contributed by atoms with Gasteiger partial charge in [0.25, 0.3) is 0 Å². The van der Waals surface area contributed by atoms with Crippen molar-refractivity contribution in [2.45, 2.75) is 53.6 Å². The maximum absolute atomic E-state index is 6.28. The van der Waals surface area contributed by atoms with Gasteiger partial charge in [-0.1, -0.05) is 59.7 Å². The zero-order valence-electron chi connectivity index (χ0n) is 12.5. The van der Waals surface area contributed by atoms with Gasteiger partial charge in [0.05, 0.1) is 0 Å². The molecule has 0 bridgehead atoms. The van der Waals surface area contributed by atoms with Crippen LogP contribution >= 0.6 is 0 Å². The van der Waals surface area contributed by atoms with Crippen LogP contribution in [0, 0.1) is 16.9 Å². The van der Waals surface area contributed by atoms with E-state index in [0.717, 1.165) is 11.1 Å². The lowest BCUT2D eigenvalue weighted by Crippen LogP contribution is -2.28. The van der Waals surface area contributed by atoms with Crippen molar-refractivity contribution in [1.82, 2.24) is 0 Å². The third-order valence-corrected chi connectivity index (χ3v) is 3.38. The standard InChI is InChI=1S/C16H27N2/c1-15(2,3)13(17)11-8-7-9-12(10-11)14(18)16(4,5)6/h7-9,13-14H,17-18H2,1-6H3. The van der Waals surface area contributed by atoms with Gasteiger partial charge in [0.2, 0.25) is 0 Å². The predicted octanol–water partition coefficient (Wildman–Crippen LogP) is 3.58. The van der Waals surface area contributed by atoms with Crippen LogP contribution in [-0.4, -0.2) is 0 Å². The minimum atomic E-state index is -0.0235. The van der Waals surface area contributed by atoms with Crippen LogP contribution in [0.25, 0.3) is 0 Å². The van der Waals surface area contributed by atoms with Gasteiger partial charge in [0.1, 0.15) is 0 Å². The Kier molecular flexibility index (Phi) is 4.24. The van der Waals surface area contributed by atoms with Crippen molar-refractivity contribution < 1.29 is 0 Å². The first kappa shape index (κ1) is 15.2. The Morgan fingerprint density at radius 3 is 1.44 bits per heavy atom. The predicted molar refractivity (Wildman–Crippen MR) is 78.0 cm³/mol. The lowest BCUT2D eigenvalue weighted by molar-refractivity contribution is 0.319. The zero-order chi connectivity index (χ0) is 14.1. The van der Waals surface area contributed by atoms with Gasteiger partial charge < -0.3 is 11.5 Å². The van der Waals surface area contributed by atoms with Crippen LogP contribution in [0.5, 0.6) is 0 Å². The van der Waals surface area contributed by atoms with Gasteiger partial charge in [-0.25, -0.2) is 0 Å². The van der Waals surface area contributed by atoms with Crippen LogP contribution in [0.4, 0.5) is 0 Å². The third kappa shape index (κ3) is 3.56. The van der Waals surface area contributed by atoms with E-state index in [2.05, 4.69) is 47.6 Å². The summed E-state index contributed by atoms with van der Waals surface area (Å²) >= 11 is 0. The summed E-state index contributed by atoms with van der Waals surface area (Å²) in [6.07, 6.45) is 0. The van der Waals surface area contributed by atoms with Gasteiger partial charge in [-0.05, 0) is 28.0 Å². The van der Waals surface area contributed by atoms with Gasteiger partial charge >= 0.3 is 0 Å². The molecule has 1 rings (SSSR count). The Balaban J connectivity index is 3.07. The number of nitrogens with two attached hydrogens (primary N) is 2. The van der Waals surface area contributed by atoms with E-state index in [1.807, 2.05) is 18.2 Å². The summed E-state index contributed by atoms with van der Waals surface area (Å²) in [5.74, 6) is 0. The van der Waals surface area contributed by atoms with E-state index >= 15 is 0 Å². The fourth-order valence-corrected chi connectivity index (χ4v) is 1.80. The molecule has 2 heteroatoms. The lowest BCUT2D eigenvalue weighted by Gasteiger charge is -2.30. The van der Waals surface area contributed by atoms with Crippen molar-refractivity contribution >= 4 is 0 Å². The van der Waals surface area contributed by atoms with Crippen LogP contribution < -0.4 is 11.5 Å². The van der Waals surface area contributed by atoms with Crippen molar-refractivity contribution in [2.24, 2.45) is 22.3 Å². The van der Waals surface area contributed by atoms with Crippen LogP contribution in [0.2, 0.25) is 0 Å². The highest BCUT2D eigenvalue weighted by atomic mass is 14.7. The maximum atomic E-state index is 6.28. The molecule has 18 heavy (non-hydrogen) atoms. The molecule has 1 aromatic carbocycles. The first-order valence-electron chi connectivity index (χ1n) is 6.57. The fraction of sp³-hybridized carbons (Fsp3) is 0.625. The molecular formula is C16H27N2. The van der Waals surface area contributed by atoms with Gasteiger partial charge in [-0.3, -0.25) is 0 Å². The molecule has 101 valence electrons. The van der Waals surface area contributed by atoms with Gasteiger partial charge in [-0.15, -0.1) is 0 Å². The maximum Gasteiger partial charge on any atom is 0.0350 e. The van der Waals surface area contributed by atoms with Crippen molar-refractivity contribution in [3.63, 3.8) is 0 Å². The van der Waals surface area contributed by atoms with E-state index in [0.29, 0.717) is 0 Å². The minimum Gasteiger partial charge on any atom is -0.323 e. The molecule has 2 nitrogen and oxygen atoms in total. The summed E-state index contributed by atoms with van der Waals surface area (Å²) in [6.45, 7) is 12.8. The van der Waals surface area contributed by atoms with Crippen LogP contribution in [0.1, 0.15) is 64.8 Å². The molecule has 2 unspecified atom stereocenters. The van der Waals surface area contributed by atoms with E-state index in [4.69, 9.17) is 11.5 Å². The van der Waals surface area contributed by atoms with Crippen molar-refractivity contribution in [3.8, 4) is 0 Å². The Labute approximate surface area is 112 Å². The van der Waals surface area contributed by atoms with E-state index in [9.17, 15) is 0 Å². The monoisotopic (exact) mass is 247 g/mol. The van der Waals surface area contributed by atoms with Crippen molar-refractivity contribution in [1.29, 1.82) is 0 Å². The molecular weight excluding hydrogens is 220 g/mol. The zero-order valence-corrected chi connectivity index (χ0v) is 12.5. The smallest absolute Gasteiger partial charge is 0.0350 e. The Morgan fingerprint density at radius 1 is 0.833 bits per heavy atom. The average Bonchev–Trinajstić information content (AvgIpc) is 2.24. The summed E-state index contributed by atoms with van der Waals surface area (Å²) in [6, 6.07) is 9.46. The second-order valence-electron chi connectivity index (χ2n) is 7.25. The second-order valence-corrected chi connectivity index (χ2v) is 7.25. The van der Waals surface area contributed by atoms with Crippen LogP contribution in [-0.2, 0) is 0 Å². The molecule has 0 saturated heterocycles.